The molecule has 12 heteroatoms. The van der Waals surface area contributed by atoms with E-state index in [1.54, 1.807) is 30.3 Å². The highest BCUT2D eigenvalue weighted by Gasteiger charge is 2.30. The van der Waals surface area contributed by atoms with Crippen LogP contribution >= 0.6 is 11.6 Å². The predicted octanol–water partition coefficient (Wildman–Crippen LogP) is 4.36. The molecule has 0 atom stereocenters. The molecular weight excluding hydrogens is 550 g/mol. The number of methoxy groups -OCH3 is 1. The van der Waals surface area contributed by atoms with Crippen molar-refractivity contribution in [3.63, 3.8) is 0 Å². The first-order chi connectivity index (χ1) is 18.1. The van der Waals surface area contributed by atoms with Crippen molar-refractivity contribution in [1.82, 2.24) is 4.31 Å². The molecule has 1 aliphatic rings. The van der Waals surface area contributed by atoms with Crippen LogP contribution in [0.3, 0.4) is 0 Å². The molecule has 1 aliphatic heterocycles. The molecule has 9 nitrogen and oxygen atoms in total. The van der Waals surface area contributed by atoms with E-state index in [1.807, 2.05) is 0 Å². The molecule has 0 aliphatic carbocycles. The summed E-state index contributed by atoms with van der Waals surface area (Å²) in [5.74, 6) is -0.485. The van der Waals surface area contributed by atoms with Gasteiger partial charge in [-0.3, -0.25) is 9.10 Å². The largest absolute Gasteiger partial charge is 0.495 e. The van der Waals surface area contributed by atoms with Gasteiger partial charge < -0.3 is 10.1 Å². The van der Waals surface area contributed by atoms with E-state index in [9.17, 15) is 21.6 Å². The fourth-order valence-electron chi connectivity index (χ4n) is 4.19. The molecule has 0 radical (unpaired) electrons. The highest BCUT2D eigenvalue weighted by molar-refractivity contribution is 7.93. The van der Waals surface area contributed by atoms with E-state index in [0.29, 0.717) is 13.1 Å². The molecule has 202 valence electrons. The van der Waals surface area contributed by atoms with E-state index < -0.39 is 32.5 Å². The number of hydrogen-bond acceptors (Lipinski definition) is 6. The lowest BCUT2D eigenvalue weighted by atomic mass is 10.2. The Morgan fingerprint density at radius 1 is 0.921 bits per heavy atom. The second kappa shape index (κ2) is 11.7. The minimum absolute atomic E-state index is 0.00960. The van der Waals surface area contributed by atoms with Crippen molar-refractivity contribution in [2.45, 2.75) is 29.1 Å². The van der Waals surface area contributed by atoms with Crippen LogP contribution in [-0.4, -0.2) is 53.8 Å². The summed E-state index contributed by atoms with van der Waals surface area (Å²) in [5, 5.41) is 2.77. The Labute approximate surface area is 228 Å². The number of nitrogens with one attached hydrogen (secondary N) is 1. The molecule has 0 saturated carbocycles. The topological polar surface area (TPSA) is 113 Å². The van der Waals surface area contributed by atoms with Gasteiger partial charge in [0, 0.05) is 13.1 Å². The second-order valence-corrected chi connectivity index (χ2v) is 12.9. The van der Waals surface area contributed by atoms with Crippen molar-refractivity contribution in [3.8, 4) is 5.75 Å². The van der Waals surface area contributed by atoms with Crippen molar-refractivity contribution in [1.29, 1.82) is 0 Å². The normalized spacial score (nSPS) is 14.6. The zero-order chi connectivity index (χ0) is 27.3. The maximum atomic E-state index is 13.5. The quantitative estimate of drug-likeness (QED) is 0.404. The van der Waals surface area contributed by atoms with E-state index in [1.165, 1.54) is 53.9 Å². The van der Waals surface area contributed by atoms with Crippen molar-refractivity contribution >= 4 is 48.9 Å². The number of piperidine rings is 1. The monoisotopic (exact) mass is 577 g/mol. The molecule has 3 aromatic rings. The highest BCUT2D eigenvalue weighted by Crippen LogP contribution is 2.32. The highest BCUT2D eigenvalue weighted by atomic mass is 35.5. The average molecular weight is 578 g/mol. The number of nitrogens with zero attached hydrogens (tertiary/aromatic N) is 2. The van der Waals surface area contributed by atoms with E-state index in [2.05, 4.69) is 5.32 Å². The predicted molar refractivity (Wildman–Crippen MR) is 147 cm³/mol. The summed E-state index contributed by atoms with van der Waals surface area (Å²) < 4.78 is 61.1. The van der Waals surface area contributed by atoms with Crippen molar-refractivity contribution in [2.75, 3.05) is 36.4 Å². The Morgan fingerprint density at radius 2 is 1.58 bits per heavy atom. The third-order valence-corrected chi connectivity index (χ3v) is 10.1. The maximum absolute atomic E-state index is 13.5. The van der Waals surface area contributed by atoms with Crippen LogP contribution in [0, 0.1) is 0 Å². The number of sulfonamides is 2. The van der Waals surface area contributed by atoms with Crippen LogP contribution in [-0.2, 0) is 24.8 Å². The summed E-state index contributed by atoms with van der Waals surface area (Å²) in [4.78, 5) is 13.2. The molecule has 0 bridgehead atoms. The van der Waals surface area contributed by atoms with Gasteiger partial charge in [0.25, 0.3) is 10.0 Å². The SMILES string of the molecule is COc1ccc(S(=O)(=O)N2CCCCC2)cc1NC(=O)CN(c1ccccc1Cl)S(=O)(=O)c1ccccc1. The molecule has 3 aromatic carbocycles. The van der Waals surface area contributed by atoms with Gasteiger partial charge in [0.2, 0.25) is 15.9 Å². The summed E-state index contributed by atoms with van der Waals surface area (Å²) in [5.41, 5.74) is 0.230. The molecule has 38 heavy (non-hydrogen) atoms. The number of rotatable bonds is 9. The van der Waals surface area contributed by atoms with Crippen LogP contribution in [0.25, 0.3) is 0 Å². The lowest BCUT2D eigenvalue weighted by Gasteiger charge is -2.26. The summed E-state index contributed by atoms with van der Waals surface area (Å²) in [6.45, 7) is 0.244. The summed E-state index contributed by atoms with van der Waals surface area (Å²) in [6.07, 6.45) is 2.54. The van der Waals surface area contributed by atoms with Gasteiger partial charge in [-0.1, -0.05) is 48.4 Å². The van der Waals surface area contributed by atoms with Crippen molar-refractivity contribution in [2.24, 2.45) is 0 Å². The summed E-state index contributed by atoms with van der Waals surface area (Å²) in [7, 11) is -6.56. The number of amides is 1. The van der Waals surface area contributed by atoms with Gasteiger partial charge in [-0.15, -0.1) is 0 Å². The number of carbonyl (C=O) groups excluding carboxylic acids is 1. The Morgan fingerprint density at radius 3 is 2.24 bits per heavy atom. The van der Waals surface area contributed by atoms with Gasteiger partial charge in [-0.25, -0.2) is 16.8 Å². The molecule has 0 spiro atoms. The van der Waals surface area contributed by atoms with Crippen molar-refractivity contribution in [3.05, 3.63) is 77.8 Å². The molecule has 1 saturated heterocycles. The average Bonchev–Trinajstić information content (AvgIpc) is 2.93. The molecule has 1 heterocycles. The lowest BCUT2D eigenvalue weighted by molar-refractivity contribution is -0.114. The Bertz CT molecular complexity index is 1510. The summed E-state index contributed by atoms with van der Waals surface area (Å²) >= 11 is 6.32. The molecule has 4 rings (SSSR count). The van der Waals surface area contributed by atoms with Crippen LogP contribution in [0.15, 0.2) is 82.6 Å². The number of ether oxygens (including phenoxy) is 1. The van der Waals surface area contributed by atoms with Crippen LogP contribution in [0.2, 0.25) is 5.02 Å². The molecule has 0 aromatic heterocycles. The van der Waals surface area contributed by atoms with Crippen LogP contribution in [0.1, 0.15) is 19.3 Å². The lowest BCUT2D eigenvalue weighted by Crippen LogP contribution is -2.38. The van der Waals surface area contributed by atoms with E-state index >= 15 is 0 Å². The minimum atomic E-state index is -4.17. The minimum Gasteiger partial charge on any atom is -0.495 e. The molecule has 1 N–H and O–H groups in total. The maximum Gasteiger partial charge on any atom is 0.264 e. The third-order valence-electron chi connectivity index (χ3n) is 6.14. The van der Waals surface area contributed by atoms with Crippen molar-refractivity contribution < 1.29 is 26.4 Å². The van der Waals surface area contributed by atoms with E-state index in [4.69, 9.17) is 16.3 Å². The molecule has 1 fully saturated rings. The first-order valence-electron chi connectivity index (χ1n) is 11.9. The number of hydrogen-bond donors (Lipinski definition) is 1. The molecular formula is C26H28ClN3O6S2. The summed E-state index contributed by atoms with van der Waals surface area (Å²) in [6, 6.07) is 18.2. The van der Waals surface area contributed by atoms with E-state index in [0.717, 1.165) is 23.6 Å². The van der Waals surface area contributed by atoms with Gasteiger partial charge >= 0.3 is 0 Å². The number of benzene rings is 3. The molecule has 1 amide bonds. The number of halogens is 1. The first-order valence-corrected chi connectivity index (χ1v) is 15.2. The second-order valence-electron chi connectivity index (χ2n) is 8.65. The van der Waals surface area contributed by atoms with Gasteiger partial charge in [0.05, 0.1) is 33.3 Å². The van der Waals surface area contributed by atoms with Gasteiger partial charge in [0.1, 0.15) is 12.3 Å². The molecule has 0 unspecified atom stereocenters. The van der Waals surface area contributed by atoms with Crippen LogP contribution in [0.4, 0.5) is 11.4 Å². The fraction of sp³-hybridized carbons (Fsp3) is 0.269. The van der Waals surface area contributed by atoms with Gasteiger partial charge in [0.15, 0.2) is 0 Å². The zero-order valence-corrected chi connectivity index (χ0v) is 23.1. The first kappa shape index (κ1) is 27.9. The van der Waals surface area contributed by atoms with Crippen LogP contribution in [0.5, 0.6) is 5.75 Å². The van der Waals surface area contributed by atoms with Gasteiger partial charge in [-0.05, 0) is 55.3 Å². The Kier molecular flexibility index (Phi) is 8.61. The third kappa shape index (κ3) is 5.96. The standard InChI is InChI=1S/C26H28ClN3O6S2/c1-36-25-15-14-21(37(32,33)29-16-8-3-9-17-29)18-23(25)28-26(31)19-30(24-13-7-6-12-22(24)27)38(34,35)20-10-4-2-5-11-20/h2,4-7,10-15,18H,3,8-9,16-17,19H2,1H3,(H,28,31). The smallest absolute Gasteiger partial charge is 0.264 e. The zero-order valence-electron chi connectivity index (χ0n) is 20.7. The van der Waals surface area contributed by atoms with E-state index in [-0.39, 0.29) is 31.9 Å². The number of para-hydroxylation sites is 1. The number of anilines is 2. The van der Waals surface area contributed by atoms with Gasteiger partial charge in [-0.2, -0.15) is 4.31 Å². The van der Waals surface area contributed by atoms with Crippen LogP contribution < -0.4 is 14.4 Å². The number of carbonyl (C=O) groups is 1. The fourth-order valence-corrected chi connectivity index (χ4v) is 7.49. The Balaban J connectivity index is 1.65. The Hall–Kier alpha value is -3.12.